The van der Waals surface area contributed by atoms with Gasteiger partial charge >= 0.3 is 5.91 Å². The SMILES string of the molecule is Cc1ccc(C)n1-c1ccc(OCc2ccc(C(=O)N/N=C/c3ccc(N4CCCC4)c(F)c3)o2)cc1. The van der Waals surface area contributed by atoms with Gasteiger partial charge in [-0.05, 0) is 92.9 Å². The zero-order valence-electron chi connectivity index (χ0n) is 20.9. The van der Waals surface area contributed by atoms with Crippen molar-refractivity contribution in [2.24, 2.45) is 5.10 Å². The zero-order chi connectivity index (χ0) is 25.8. The molecular formula is C29H29FN4O3. The second-order valence-corrected chi connectivity index (χ2v) is 9.10. The Morgan fingerprint density at radius 2 is 1.76 bits per heavy atom. The molecule has 2 aromatic heterocycles. The number of amides is 1. The maximum atomic E-state index is 14.4. The molecule has 1 amide bonds. The summed E-state index contributed by atoms with van der Waals surface area (Å²) in [6, 6.07) is 20.2. The van der Waals surface area contributed by atoms with Crippen molar-refractivity contribution in [2.45, 2.75) is 33.3 Å². The van der Waals surface area contributed by atoms with Crippen LogP contribution in [0.25, 0.3) is 5.69 Å². The summed E-state index contributed by atoms with van der Waals surface area (Å²) in [7, 11) is 0. The number of hydrogen-bond donors (Lipinski definition) is 1. The van der Waals surface area contributed by atoms with Gasteiger partial charge in [0.05, 0.1) is 11.9 Å². The molecule has 1 aliphatic heterocycles. The summed E-state index contributed by atoms with van der Waals surface area (Å²) in [5.74, 6) is 0.521. The number of carbonyl (C=O) groups excluding carboxylic acids is 1. The van der Waals surface area contributed by atoms with Crippen LogP contribution in [0.5, 0.6) is 5.75 Å². The third-order valence-corrected chi connectivity index (χ3v) is 6.43. The maximum Gasteiger partial charge on any atom is 0.307 e. The molecule has 3 heterocycles. The van der Waals surface area contributed by atoms with Gasteiger partial charge in [0.1, 0.15) is 23.9 Å². The number of rotatable bonds is 8. The number of benzene rings is 2. The fourth-order valence-corrected chi connectivity index (χ4v) is 4.54. The molecule has 1 aliphatic rings. The predicted octanol–water partition coefficient (Wildman–Crippen LogP) is 5.77. The van der Waals surface area contributed by atoms with Gasteiger partial charge < -0.3 is 18.6 Å². The lowest BCUT2D eigenvalue weighted by Gasteiger charge is -2.18. The van der Waals surface area contributed by atoms with E-state index < -0.39 is 5.91 Å². The van der Waals surface area contributed by atoms with Crippen molar-refractivity contribution in [1.82, 2.24) is 9.99 Å². The lowest BCUT2D eigenvalue weighted by molar-refractivity contribution is 0.0923. The number of nitrogens with one attached hydrogen (secondary N) is 1. The van der Waals surface area contributed by atoms with E-state index in [1.54, 1.807) is 24.3 Å². The number of aromatic nitrogens is 1. The highest BCUT2D eigenvalue weighted by Crippen LogP contribution is 2.24. The highest BCUT2D eigenvalue weighted by Gasteiger charge is 2.16. The molecule has 190 valence electrons. The summed E-state index contributed by atoms with van der Waals surface area (Å²) in [5.41, 5.74) is 6.97. The summed E-state index contributed by atoms with van der Waals surface area (Å²) < 4.78 is 28.0. The molecule has 0 bridgehead atoms. The zero-order valence-corrected chi connectivity index (χ0v) is 20.9. The molecule has 0 aliphatic carbocycles. The van der Waals surface area contributed by atoms with Crippen LogP contribution < -0.4 is 15.1 Å². The van der Waals surface area contributed by atoms with Crippen LogP contribution in [0.2, 0.25) is 0 Å². The van der Waals surface area contributed by atoms with Crippen molar-refractivity contribution < 1.29 is 18.3 Å². The first kappa shape index (κ1) is 24.4. The molecule has 0 spiro atoms. The number of carbonyl (C=O) groups is 1. The number of furan rings is 1. The molecule has 0 unspecified atom stereocenters. The predicted molar refractivity (Wildman–Crippen MR) is 141 cm³/mol. The molecule has 2 aromatic carbocycles. The van der Waals surface area contributed by atoms with Crippen molar-refractivity contribution in [3.05, 3.63) is 101 Å². The van der Waals surface area contributed by atoms with Gasteiger partial charge in [0.2, 0.25) is 0 Å². The van der Waals surface area contributed by atoms with Gasteiger partial charge in [-0.2, -0.15) is 5.10 Å². The Labute approximate surface area is 215 Å². The molecule has 1 fully saturated rings. The fourth-order valence-electron chi connectivity index (χ4n) is 4.54. The van der Waals surface area contributed by atoms with Gasteiger partial charge in [0.25, 0.3) is 0 Å². The van der Waals surface area contributed by atoms with Gasteiger partial charge in [-0.25, -0.2) is 9.82 Å². The molecule has 1 saturated heterocycles. The van der Waals surface area contributed by atoms with Crippen LogP contribution >= 0.6 is 0 Å². The van der Waals surface area contributed by atoms with Crippen LogP contribution in [0.1, 0.15) is 46.1 Å². The quantitative estimate of drug-likeness (QED) is 0.246. The highest BCUT2D eigenvalue weighted by atomic mass is 19.1. The Morgan fingerprint density at radius 3 is 2.46 bits per heavy atom. The molecule has 8 heteroatoms. The number of ether oxygens (including phenoxy) is 1. The van der Waals surface area contributed by atoms with Crippen molar-refractivity contribution >= 4 is 17.8 Å². The lowest BCUT2D eigenvalue weighted by atomic mass is 10.2. The van der Waals surface area contributed by atoms with Crippen molar-refractivity contribution in [1.29, 1.82) is 0 Å². The molecular weight excluding hydrogens is 471 g/mol. The normalized spacial score (nSPS) is 13.4. The summed E-state index contributed by atoms with van der Waals surface area (Å²) in [6.07, 6.45) is 3.57. The largest absolute Gasteiger partial charge is 0.486 e. The van der Waals surface area contributed by atoms with E-state index in [2.05, 4.69) is 41.1 Å². The first-order chi connectivity index (χ1) is 18.0. The first-order valence-corrected chi connectivity index (χ1v) is 12.3. The van der Waals surface area contributed by atoms with Crippen LogP contribution in [0, 0.1) is 19.7 Å². The van der Waals surface area contributed by atoms with E-state index in [1.165, 1.54) is 23.7 Å². The molecule has 1 N–H and O–H groups in total. The summed E-state index contributed by atoms with van der Waals surface area (Å²) in [5, 5.41) is 3.93. The molecule has 0 saturated carbocycles. The first-order valence-electron chi connectivity index (χ1n) is 12.3. The van der Waals surface area contributed by atoms with E-state index in [1.807, 2.05) is 29.2 Å². The Balaban J connectivity index is 1.13. The minimum atomic E-state index is -0.501. The van der Waals surface area contributed by atoms with Crippen LogP contribution in [-0.2, 0) is 6.61 Å². The number of halogens is 1. The third kappa shape index (κ3) is 5.58. The molecule has 0 radical (unpaired) electrons. The Hall–Kier alpha value is -4.33. The fraction of sp³-hybridized carbons (Fsp3) is 0.241. The highest BCUT2D eigenvalue weighted by molar-refractivity contribution is 5.92. The topological polar surface area (TPSA) is 72.0 Å². The number of anilines is 1. The Morgan fingerprint density at radius 1 is 1.03 bits per heavy atom. The van der Waals surface area contributed by atoms with E-state index >= 15 is 0 Å². The van der Waals surface area contributed by atoms with Gasteiger partial charge in [-0.1, -0.05) is 6.07 Å². The van der Waals surface area contributed by atoms with E-state index in [4.69, 9.17) is 9.15 Å². The van der Waals surface area contributed by atoms with Gasteiger partial charge in [-0.3, -0.25) is 4.79 Å². The lowest BCUT2D eigenvalue weighted by Crippen LogP contribution is -2.19. The average Bonchev–Trinajstić information content (AvgIpc) is 3.66. The number of aryl methyl sites for hydroxylation is 2. The Kier molecular flexibility index (Phi) is 7.07. The van der Waals surface area contributed by atoms with Crippen LogP contribution in [-0.4, -0.2) is 29.8 Å². The summed E-state index contributed by atoms with van der Waals surface area (Å²) >= 11 is 0. The summed E-state index contributed by atoms with van der Waals surface area (Å²) in [4.78, 5) is 14.4. The number of hydrazone groups is 1. The van der Waals surface area contributed by atoms with Crippen molar-refractivity contribution in [3.63, 3.8) is 0 Å². The van der Waals surface area contributed by atoms with Gasteiger partial charge in [0, 0.05) is 30.2 Å². The second kappa shape index (κ2) is 10.7. The monoisotopic (exact) mass is 500 g/mol. The van der Waals surface area contributed by atoms with Crippen LogP contribution in [0.15, 0.2) is 76.2 Å². The molecule has 5 rings (SSSR count). The maximum absolute atomic E-state index is 14.4. The van der Waals surface area contributed by atoms with Crippen LogP contribution in [0.3, 0.4) is 0 Å². The second-order valence-electron chi connectivity index (χ2n) is 9.10. The molecule has 0 atom stereocenters. The smallest absolute Gasteiger partial charge is 0.307 e. The minimum absolute atomic E-state index is 0.111. The van der Waals surface area contributed by atoms with E-state index in [-0.39, 0.29) is 18.2 Å². The van der Waals surface area contributed by atoms with Crippen LogP contribution in [0.4, 0.5) is 10.1 Å². The number of hydrogen-bond acceptors (Lipinski definition) is 5. The standard InChI is InChI=1S/C29H29FN4O3/c1-20-5-6-21(2)34(20)23-8-10-24(11-9-23)36-19-25-12-14-28(37-25)29(35)32-31-18-22-7-13-27(26(30)17-22)33-15-3-4-16-33/h5-14,17-18H,3-4,15-16,19H2,1-2H3,(H,32,35)/b31-18+. The molecule has 4 aromatic rings. The van der Waals surface area contributed by atoms with E-state index in [9.17, 15) is 9.18 Å². The van der Waals surface area contributed by atoms with Gasteiger partial charge in [0.15, 0.2) is 5.76 Å². The molecule has 37 heavy (non-hydrogen) atoms. The molecule has 7 nitrogen and oxygen atoms in total. The van der Waals surface area contributed by atoms with E-state index in [0.29, 0.717) is 22.8 Å². The van der Waals surface area contributed by atoms with Crippen molar-refractivity contribution in [3.8, 4) is 11.4 Å². The van der Waals surface area contributed by atoms with Gasteiger partial charge in [-0.15, -0.1) is 0 Å². The third-order valence-electron chi connectivity index (χ3n) is 6.43. The van der Waals surface area contributed by atoms with Crippen molar-refractivity contribution in [2.75, 3.05) is 18.0 Å². The summed E-state index contributed by atoms with van der Waals surface area (Å²) in [6.45, 7) is 6.06. The van der Waals surface area contributed by atoms with E-state index in [0.717, 1.165) is 31.6 Å². The minimum Gasteiger partial charge on any atom is -0.486 e. The Bertz CT molecular complexity index is 1400. The number of nitrogens with zero attached hydrogens (tertiary/aromatic N) is 3. The average molecular weight is 501 g/mol.